The molecule has 0 aliphatic carbocycles. The van der Waals surface area contributed by atoms with Gasteiger partial charge in [0.15, 0.2) is 5.78 Å². The fourth-order valence-electron chi connectivity index (χ4n) is 2.71. The van der Waals surface area contributed by atoms with Gasteiger partial charge in [0.25, 0.3) is 0 Å². The first kappa shape index (κ1) is 19.1. The first-order valence-electron chi connectivity index (χ1n) is 7.64. The highest BCUT2D eigenvalue weighted by atomic mass is 35.5. The van der Waals surface area contributed by atoms with E-state index in [4.69, 9.17) is 0 Å². The molecule has 2 N–H and O–H groups in total. The standard InChI is InChI=1S/C16H24N2O2S.ClH/c1-11-8-14(12(2)21-11)15(19)5-6-16(20)18-10-13-4-3-7-17-9-13;/h8,13,17H,3-7,9-10H2,1-2H3,(H,18,20);1H. The van der Waals surface area contributed by atoms with Crippen molar-refractivity contribution in [2.24, 2.45) is 5.92 Å². The van der Waals surface area contributed by atoms with E-state index in [0.29, 0.717) is 12.3 Å². The Balaban J connectivity index is 0.00000242. The van der Waals surface area contributed by atoms with Gasteiger partial charge in [-0.2, -0.15) is 0 Å². The number of hydrogen-bond donors (Lipinski definition) is 2. The summed E-state index contributed by atoms with van der Waals surface area (Å²) in [6.45, 7) is 6.74. The van der Waals surface area contributed by atoms with Crippen LogP contribution in [0.5, 0.6) is 0 Å². The van der Waals surface area contributed by atoms with Gasteiger partial charge in [0.2, 0.25) is 5.91 Å². The van der Waals surface area contributed by atoms with E-state index < -0.39 is 0 Å². The van der Waals surface area contributed by atoms with Crippen LogP contribution in [0, 0.1) is 19.8 Å². The van der Waals surface area contributed by atoms with Gasteiger partial charge >= 0.3 is 0 Å². The zero-order chi connectivity index (χ0) is 15.2. The number of piperidine rings is 1. The second kappa shape index (κ2) is 9.28. The third kappa shape index (κ3) is 5.71. The van der Waals surface area contributed by atoms with Gasteiger partial charge in [-0.25, -0.2) is 0 Å². The van der Waals surface area contributed by atoms with Gasteiger partial charge in [0.1, 0.15) is 0 Å². The number of halogens is 1. The molecular formula is C16H25ClN2O2S. The molecule has 0 radical (unpaired) electrons. The minimum atomic E-state index is -0.0153. The van der Waals surface area contributed by atoms with Gasteiger partial charge in [-0.3, -0.25) is 9.59 Å². The van der Waals surface area contributed by atoms with E-state index in [-0.39, 0.29) is 30.5 Å². The molecule has 1 aromatic rings. The van der Waals surface area contributed by atoms with Crippen LogP contribution < -0.4 is 10.6 Å². The Morgan fingerprint density at radius 1 is 1.36 bits per heavy atom. The molecule has 6 heteroatoms. The monoisotopic (exact) mass is 344 g/mol. The molecule has 1 aliphatic rings. The average Bonchev–Trinajstić information content (AvgIpc) is 2.82. The number of carbonyl (C=O) groups excluding carboxylic acids is 2. The summed E-state index contributed by atoms with van der Waals surface area (Å²) in [7, 11) is 0. The number of nitrogens with one attached hydrogen (secondary N) is 2. The van der Waals surface area contributed by atoms with Crippen molar-refractivity contribution in [1.29, 1.82) is 0 Å². The summed E-state index contributed by atoms with van der Waals surface area (Å²) in [5.74, 6) is 0.588. The second-order valence-electron chi connectivity index (χ2n) is 5.77. The van der Waals surface area contributed by atoms with Crippen LogP contribution in [-0.2, 0) is 4.79 Å². The number of hydrogen-bond acceptors (Lipinski definition) is 4. The Bertz CT molecular complexity index is 510. The van der Waals surface area contributed by atoms with Crippen LogP contribution in [-0.4, -0.2) is 31.3 Å². The summed E-state index contributed by atoms with van der Waals surface area (Å²) >= 11 is 1.63. The van der Waals surface area contributed by atoms with Crippen molar-refractivity contribution in [3.8, 4) is 0 Å². The lowest BCUT2D eigenvalue weighted by molar-refractivity contribution is -0.121. The highest BCUT2D eigenvalue weighted by molar-refractivity contribution is 7.12. The number of amides is 1. The molecule has 1 unspecified atom stereocenters. The molecule has 1 saturated heterocycles. The topological polar surface area (TPSA) is 58.2 Å². The van der Waals surface area contributed by atoms with Crippen LogP contribution in [0.3, 0.4) is 0 Å². The van der Waals surface area contributed by atoms with E-state index in [9.17, 15) is 9.59 Å². The lowest BCUT2D eigenvalue weighted by Gasteiger charge is -2.22. The second-order valence-corrected chi connectivity index (χ2v) is 7.23. The molecule has 1 atom stereocenters. The predicted molar refractivity (Wildman–Crippen MR) is 93.2 cm³/mol. The maximum Gasteiger partial charge on any atom is 0.220 e. The summed E-state index contributed by atoms with van der Waals surface area (Å²) in [5, 5.41) is 6.29. The molecule has 124 valence electrons. The number of Topliss-reactive ketones (excluding diaryl/α,β-unsaturated/α-hetero) is 1. The fourth-order valence-corrected chi connectivity index (χ4v) is 3.66. The van der Waals surface area contributed by atoms with Crippen molar-refractivity contribution in [2.45, 2.75) is 39.5 Å². The minimum Gasteiger partial charge on any atom is -0.356 e. The van der Waals surface area contributed by atoms with Crippen molar-refractivity contribution >= 4 is 35.4 Å². The molecule has 1 aliphatic heterocycles. The number of aryl methyl sites for hydroxylation is 2. The Hall–Kier alpha value is -0.910. The zero-order valence-corrected chi connectivity index (χ0v) is 14.9. The molecule has 2 rings (SSSR count). The van der Waals surface area contributed by atoms with Crippen LogP contribution >= 0.6 is 23.7 Å². The SMILES string of the molecule is Cc1cc(C(=O)CCC(=O)NCC2CCCNC2)c(C)s1.Cl. The van der Waals surface area contributed by atoms with E-state index >= 15 is 0 Å². The van der Waals surface area contributed by atoms with Crippen LogP contribution in [0.4, 0.5) is 0 Å². The lowest BCUT2D eigenvalue weighted by Crippen LogP contribution is -2.38. The average molecular weight is 345 g/mol. The van der Waals surface area contributed by atoms with Crippen molar-refractivity contribution < 1.29 is 9.59 Å². The number of rotatable bonds is 6. The fraction of sp³-hybridized carbons (Fsp3) is 0.625. The zero-order valence-electron chi connectivity index (χ0n) is 13.2. The third-order valence-electron chi connectivity index (χ3n) is 3.91. The van der Waals surface area contributed by atoms with Crippen molar-refractivity contribution in [1.82, 2.24) is 10.6 Å². The van der Waals surface area contributed by atoms with Gasteiger partial charge in [-0.05, 0) is 51.8 Å². The molecular weight excluding hydrogens is 320 g/mol. The summed E-state index contributed by atoms with van der Waals surface area (Å²) in [4.78, 5) is 26.1. The molecule has 2 heterocycles. The number of ketones is 1. The normalized spacial score (nSPS) is 17.6. The van der Waals surface area contributed by atoms with Crippen LogP contribution in [0.2, 0.25) is 0 Å². The van der Waals surface area contributed by atoms with Crippen LogP contribution in [0.1, 0.15) is 45.8 Å². The van der Waals surface area contributed by atoms with Crippen LogP contribution in [0.15, 0.2) is 6.07 Å². The molecule has 1 fully saturated rings. The molecule has 0 spiro atoms. The number of thiophene rings is 1. The Labute approximate surface area is 142 Å². The first-order valence-corrected chi connectivity index (χ1v) is 8.45. The van der Waals surface area contributed by atoms with Crippen molar-refractivity contribution in [3.63, 3.8) is 0 Å². The highest BCUT2D eigenvalue weighted by Gasteiger charge is 2.16. The maximum atomic E-state index is 12.1. The van der Waals surface area contributed by atoms with E-state index in [1.165, 1.54) is 12.8 Å². The third-order valence-corrected chi connectivity index (χ3v) is 4.87. The summed E-state index contributed by atoms with van der Waals surface area (Å²) < 4.78 is 0. The maximum absolute atomic E-state index is 12.1. The molecule has 1 aromatic heterocycles. The Morgan fingerprint density at radius 2 is 2.14 bits per heavy atom. The Morgan fingerprint density at radius 3 is 2.73 bits per heavy atom. The minimum absolute atomic E-state index is 0. The lowest BCUT2D eigenvalue weighted by atomic mass is 9.99. The molecule has 0 saturated carbocycles. The van der Waals surface area contributed by atoms with E-state index in [2.05, 4.69) is 10.6 Å². The van der Waals surface area contributed by atoms with Crippen molar-refractivity contribution in [2.75, 3.05) is 19.6 Å². The van der Waals surface area contributed by atoms with E-state index in [0.717, 1.165) is 35.0 Å². The smallest absolute Gasteiger partial charge is 0.220 e. The van der Waals surface area contributed by atoms with Gasteiger partial charge in [-0.1, -0.05) is 0 Å². The van der Waals surface area contributed by atoms with Crippen molar-refractivity contribution in [3.05, 3.63) is 21.4 Å². The molecule has 1 amide bonds. The van der Waals surface area contributed by atoms with E-state index in [1.54, 1.807) is 11.3 Å². The number of carbonyl (C=O) groups is 2. The summed E-state index contributed by atoms with van der Waals surface area (Å²) in [6.07, 6.45) is 2.93. The Kier molecular flexibility index (Phi) is 8.07. The van der Waals surface area contributed by atoms with Gasteiger partial charge < -0.3 is 10.6 Å². The predicted octanol–water partition coefficient (Wildman–Crippen LogP) is 2.87. The van der Waals surface area contributed by atoms with Gasteiger partial charge in [0.05, 0.1) is 0 Å². The highest BCUT2D eigenvalue weighted by Crippen LogP contribution is 2.22. The summed E-state index contributed by atoms with van der Waals surface area (Å²) in [6, 6.07) is 1.92. The molecule has 22 heavy (non-hydrogen) atoms. The molecule has 0 aromatic carbocycles. The van der Waals surface area contributed by atoms with E-state index in [1.807, 2.05) is 19.9 Å². The quantitative estimate of drug-likeness (QED) is 0.780. The molecule has 0 bridgehead atoms. The molecule has 4 nitrogen and oxygen atoms in total. The first-order chi connectivity index (χ1) is 10.1. The van der Waals surface area contributed by atoms with Crippen LogP contribution in [0.25, 0.3) is 0 Å². The van der Waals surface area contributed by atoms with Gasteiger partial charge in [-0.15, -0.1) is 23.7 Å². The summed E-state index contributed by atoms with van der Waals surface area (Å²) in [5.41, 5.74) is 0.779. The largest absolute Gasteiger partial charge is 0.356 e. The van der Waals surface area contributed by atoms with Gasteiger partial charge in [0, 0.05) is 34.7 Å².